The maximum absolute atomic E-state index is 14.6. The highest BCUT2D eigenvalue weighted by Crippen LogP contribution is 2.29. The van der Waals surface area contributed by atoms with Gasteiger partial charge in [-0.3, -0.25) is 9.59 Å². The van der Waals surface area contributed by atoms with Crippen molar-refractivity contribution >= 4 is 18.0 Å². The number of piperidine rings is 1. The molecule has 2 aromatic rings. The Morgan fingerprint density at radius 2 is 1.67 bits per heavy atom. The lowest BCUT2D eigenvalue weighted by Crippen LogP contribution is -2.38. The molecule has 0 bridgehead atoms. The van der Waals surface area contributed by atoms with E-state index >= 15 is 0 Å². The minimum Gasteiger partial charge on any atom is -0.487 e. The van der Waals surface area contributed by atoms with E-state index in [-0.39, 0.29) is 36.0 Å². The molecule has 0 atom stereocenters. The van der Waals surface area contributed by atoms with Crippen LogP contribution >= 0.6 is 0 Å². The Balaban J connectivity index is 1.58. The summed E-state index contributed by atoms with van der Waals surface area (Å²) in [5.74, 6) is -3.90. The molecule has 1 aliphatic heterocycles. The van der Waals surface area contributed by atoms with Crippen LogP contribution in [0, 0.1) is 17.6 Å². The number of halogens is 2. The van der Waals surface area contributed by atoms with E-state index in [0.717, 1.165) is 12.1 Å². The fourth-order valence-corrected chi connectivity index (χ4v) is 3.56. The molecule has 0 aliphatic carbocycles. The van der Waals surface area contributed by atoms with E-state index in [4.69, 9.17) is 14.6 Å². The van der Waals surface area contributed by atoms with Crippen molar-refractivity contribution in [3.63, 3.8) is 0 Å². The normalized spacial score (nSPS) is 14.3. The van der Waals surface area contributed by atoms with Crippen LogP contribution in [0.1, 0.15) is 44.2 Å². The third-order valence-electron chi connectivity index (χ3n) is 5.35. The molecule has 3 rings (SSSR count). The molecule has 0 unspecified atom stereocenters. The molecule has 1 fully saturated rings. The van der Waals surface area contributed by atoms with Gasteiger partial charge in [-0.05, 0) is 57.2 Å². The van der Waals surface area contributed by atoms with Crippen LogP contribution in [0.4, 0.5) is 13.6 Å². The Kier molecular flexibility index (Phi) is 8.38. The highest BCUT2D eigenvalue weighted by Gasteiger charge is 2.24. The van der Waals surface area contributed by atoms with E-state index in [2.05, 4.69) is 15.3 Å². The first-order valence-corrected chi connectivity index (χ1v) is 11.3. The van der Waals surface area contributed by atoms with Gasteiger partial charge in [0.25, 0.3) is 5.91 Å². The van der Waals surface area contributed by atoms with Gasteiger partial charge < -0.3 is 24.8 Å². The van der Waals surface area contributed by atoms with Gasteiger partial charge in [0.05, 0.1) is 6.61 Å². The van der Waals surface area contributed by atoms with E-state index in [1.807, 2.05) is 0 Å². The standard InChI is InChI=1S/C24H28F2N4O6/c1-24(2,3)36-19(31)12-29-22(32)21-27-10-16(11-28-21)15-8-17(25)20(18(26)9-15)35-13-14-4-6-30(7-5-14)23(33)34/h8-11,14H,4-7,12-13H2,1-3H3,(H,29,32)(H,33,34). The van der Waals surface area contributed by atoms with Gasteiger partial charge in [0.1, 0.15) is 12.1 Å². The molecule has 1 aromatic carbocycles. The van der Waals surface area contributed by atoms with Gasteiger partial charge >= 0.3 is 12.1 Å². The molecule has 2 amide bonds. The second kappa shape index (κ2) is 11.3. The molecular formula is C24H28F2N4O6. The van der Waals surface area contributed by atoms with Gasteiger partial charge in [0.2, 0.25) is 5.82 Å². The first kappa shape index (κ1) is 26.8. The zero-order chi connectivity index (χ0) is 26.5. The smallest absolute Gasteiger partial charge is 0.407 e. The topological polar surface area (TPSA) is 131 Å². The van der Waals surface area contributed by atoms with Crippen molar-refractivity contribution in [3.8, 4) is 16.9 Å². The Morgan fingerprint density at radius 1 is 1.08 bits per heavy atom. The SMILES string of the molecule is CC(C)(C)OC(=O)CNC(=O)c1ncc(-c2cc(F)c(OCC3CCN(C(=O)O)CC3)c(F)c2)cn1. The second-order valence-corrected chi connectivity index (χ2v) is 9.36. The summed E-state index contributed by atoms with van der Waals surface area (Å²) in [6.45, 7) is 5.50. The maximum atomic E-state index is 14.6. The summed E-state index contributed by atoms with van der Waals surface area (Å²) < 4.78 is 39.7. The number of likely N-dealkylation sites (tertiary alicyclic amines) is 1. The van der Waals surface area contributed by atoms with Crippen LogP contribution in [-0.4, -0.2) is 69.8 Å². The number of hydrogen-bond donors (Lipinski definition) is 2. The lowest BCUT2D eigenvalue weighted by atomic mass is 9.98. The van der Waals surface area contributed by atoms with Gasteiger partial charge in [-0.15, -0.1) is 0 Å². The minimum atomic E-state index is -0.986. The third kappa shape index (κ3) is 7.33. The first-order valence-electron chi connectivity index (χ1n) is 11.3. The number of nitrogens with zero attached hydrogens (tertiary/aromatic N) is 3. The van der Waals surface area contributed by atoms with Crippen LogP contribution in [-0.2, 0) is 9.53 Å². The summed E-state index contributed by atoms with van der Waals surface area (Å²) in [7, 11) is 0. The Hall–Kier alpha value is -3.83. The fraction of sp³-hybridized carbons (Fsp3) is 0.458. The van der Waals surface area contributed by atoms with E-state index in [0.29, 0.717) is 25.9 Å². The summed E-state index contributed by atoms with van der Waals surface area (Å²) in [4.78, 5) is 44.0. The lowest BCUT2D eigenvalue weighted by Gasteiger charge is -2.29. The molecule has 2 N–H and O–H groups in total. The Bertz CT molecular complexity index is 1090. The number of rotatable bonds is 7. The van der Waals surface area contributed by atoms with Crippen LogP contribution in [0.15, 0.2) is 24.5 Å². The molecule has 1 aromatic heterocycles. The third-order valence-corrected chi connectivity index (χ3v) is 5.35. The molecule has 0 radical (unpaired) electrons. The summed E-state index contributed by atoms with van der Waals surface area (Å²) in [5, 5.41) is 11.3. The number of aromatic nitrogens is 2. The van der Waals surface area contributed by atoms with Crippen molar-refractivity contribution in [1.82, 2.24) is 20.2 Å². The number of amides is 2. The summed E-state index contributed by atoms with van der Waals surface area (Å²) in [6.07, 6.45) is 2.58. The zero-order valence-electron chi connectivity index (χ0n) is 20.2. The molecule has 1 saturated heterocycles. The predicted molar refractivity (Wildman–Crippen MR) is 123 cm³/mol. The van der Waals surface area contributed by atoms with Crippen LogP contribution < -0.4 is 10.1 Å². The molecular weight excluding hydrogens is 478 g/mol. The number of ether oxygens (including phenoxy) is 2. The molecule has 1 aliphatic rings. The van der Waals surface area contributed by atoms with Crippen LogP contribution in [0.5, 0.6) is 5.75 Å². The van der Waals surface area contributed by atoms with Gasteiger partial charge in [-0.1, -0.05) is 0 Å². The number of hydrogen-bond acceptors (Lipinski definition) is 7. The lowest BCUT2D eigenvalue weighted by molar-refractivity contribution is -0.153. The van der Waals surface area contributed by atoms with Crippen molar-refractivity contribution in [3.05, 3.63) is 42.0 Å². The number of esters is 1. The van der Waals surface area contributed by atoms with Crippen molar-refractivity contribution in [2.45, 2.75) is 39.2 Å². The minimum absolute atomic E-state index is 0.0125. The molecule has 0 spiro atoms. The van der Waals surface area contributed by atoms with Gasteiger partial charge in [0, 0.05) is 31.0 Å². The quantitative estimate of drug-likeness (QED) is 0.547. The van der Waals surface area contributed by atoms with E-state index in [1.54, 1.807) is 20.8 Å². The summed E-state index contributed by atoms with van der Waals surface area (Å²) >= 11 is 0. The second-order valence-electron chi connectivity index (χ2n) is 9.36. The molecule has 12 heteroatoms. The number of carboxylic acid groups (broad SMARTS) is 1. The van der Waals surface area contributed by atoms with Crippen LogP contribution in [0.2, 0.25) is 0 Å². The zero-order valence-corrected chi connectivity index (χ0v) is 20.2. The fourth-order valence-electron chi connectivity index (χ4n) is 3.56. The number of nitrogens with one attached hydrogen (secondary N) is 1. The number of carbonyl (C=O) groups excluding carboxylic acids is 2. The predicted octanol–water partition coefficient (Wildman–Crippen LogP) is 3.26. The van der Waals surface area contributed by atoms with Crippen molar-refractivity contribution < 1.29 is 37.7 Å². The van der Waals surface area contributed by atoms with E-state index in [9.17, 15) is 23.2 Å². The average Bonchev–Trinajstić information content (AvgIpc) is 2.81. The van der Waals surface area contributed by atoms with Gasteiger partial charge in [0.15, 0.2) is 17.4 Å². The first-order chi connectivity index (χ1) is 16.9. The number of benzene rings is 1. The van der Waals surface area contributed by atoms with E-state index < -0.39 is 41.0 Å². The molecule has 10 nitrogen and oxygen atoms in total. The maximum Gasteiger partial charge on any atom is 0.407 e. The van der Waals surface area contributed by atoms with Crippen LogP contribution in [0.3, 0.4) is 0 Å². The van der Waals surface area contributed by atoms with Crippen molar-refractivity contribution in [1.29, 1.82) is 0 Å². The van der Waals surface area contributed by atoms with E-state index in [1.165, 1.54) is 17.3 Å². The van der Waals surface area contributed by atoms with Gasteiger partial charge in [-0.2, -0.15) is 0 Å². The Morgan fingerprint density at radius 3 is 2.19 bits per heavy atom. The molecule has 2 heterocycles. The highest BCUT2D eigenvalue weighted by atomic mass is 19.1. The van der Waals surface area contributed by atoms with Crippen molar-refractivity contribution in [2.24, 2.45) is 5.92 Å². The monoisotopic (exact) mass is 506 g/mol. The van der Waals surface area contributed by atoms with Gasteiger partial charge in [-0.25, -0.2) is 23.5 Å². The highest BCUT2D eigenvalue weighted by molar-refractivity contribution is 5.92. The Labute approximate surface area is 206 Å². The average molecular weight is 507 g/mol. The molecule has 194 valence electrons. The summed E-state index contributed by atoms with van der Waals surface area (Å²) in [6, 6.07) is 2.15. The molecule has 36 heavy (non-hydrogen) atoms. The number of carbonyl (C=O) groups is 3. The largest absolute Gasteiger partial charge is 0.487 e. The van der Waals surface area contributed by atoms with Crippen molar-refractivity contribution in [2.75, 3.05) is 26.2 Å². The van der Waals surface area contributed by atoms with Crippen LogP contribution in [0.25, 0.3) is 11.1 Å². The molecule has 0 saturated carbocycles. The summed E-state index contributed by atoms with van der Waals surface area (Å²) in [5.41, 5.74) is -0.276.